The predicted octanol–water partition coefficient (Wildman–Crippen LogP) is 4.37. The number of rotatable bonds is 4. The van der Waals surface area contributed by atoms with Crippen LogP contribution in [0.4, 0.5) is 29.1 Å². The number of nitrogens with one attached hydrogen (secondary N) is 1. The van der Waals surface area contributed by atoms with Gasteiger partial charge in [0.1, 0.15) is 0 Å². The van der Waals surface area contributed by atoms with E-state index in [1.54, 1.807) is 4.68 Å². The summed E-state index contributed by atoms with van der Waals surface area (Å²) in [6.07, 6.45) is -3.34. The Morgan fingerprint density at radius 1 is 1.17 bits per heavy atom. The summed E-state index contributed by atoms with van der Waals surface area (Å²) in [5, 5.41) is 8.29. The molecule has 2 aromatic heterocycles. The molecule has 0 aliphatic carbocycles. The average molecular weight is 419 g/mol. The number of halogens is 4. The Labute approximate surface area is 168 Å². The fourth-order valence-electron chi connectivity index (χ4n) is 3.29. The number of likely N-dealkylation sites (tertiary alicyclic amines) is 1. The van der Waals surface area contributed by atoms with Gasteiger partial charge >= 0.3 is 6.18 Å². The molecule has 30 heavy (non-hydrogen) atoms. The third kappa shape index (κ3) is 3.72. The lowest BCUT2D eigenvalue weighted by atomic mass is 10.1. The van der Waals surface area contributed by atoms with Crippen LogP contribution < -0.4 is 5.32 Å². The molecule has 0 bridgehead atoms. The fraction of sp³-hybridized carbons (Fsp3) is 0.250. The molecule has 3 heterocycles. The minimum absolute atomic E-state index is 0.137. The highest BCUT2D eigenvalue weighted by molar-refractivity contribution is 5.90. The Morgan fingerprint density at radius 3 is 2.50 bits per heavy atom. The smallest absolute Gasteiger partial charge is 0.338 e. The van der Waals surface area contributed by atoms with E-state index in [-0.39, 0.29) is 12.4 Å². The van der Waals surface area contributed by atoms with E-state index < -0.39 is 17.6 Å². The predicted molar refractivity (Wildman–Crippen MR) is 103 cm³/mol. The van der Waals surface area contributed by atoms with Crippen LogP contribution in [0.1, 0.15) is 17.3 Å². The first-order valence-electron chi connectivity index (χ1n) is 9.12. The van der Waals surface area contributed by atoms with Crippen LogP contribution in [0, 0.1) is 6.92 Å². The van der Waals surface area contributed by atoms with Gasteiger partial charge in [-0.3, -0.25) is 4.79 Å². The summed E-state index contributed by atoms with van der Waals surface area (Å²) in [7, 11) is 0. The number of carbonyl (C=O) groups excluding carboxylic acids is 1. The van der Waals surface area contributed by atoms with Crippen LogP contribution in [-0.4, -0.2) is 38.7 Å². The standard InChI is InChI=1S/C20H17F4N5O/c1-12-2-7-16-18(26-14-5-3-13(4-6-14)20(22,23)24)27-29(19(16)25-12)15-10-28(11-15)17(30)8-9-21/h2-9,15H,10-11H2,1H3,(H,26,27). The number of fused-ring (bicyclic) bond motifs is 1. The van der Waals surface area contributed by atoms with Gasteiger partial charge in [-0.2, -0.15) is 18.3 Å². The van der Waals surface area contributed by atoms with Gasteiger partial charge in [0.2, 0.25) is 5.91 Å². The lowest BCUT2D eigenvalue weighted by Crippen LogP contribution is -2.50. The second-order valence-corrected chi connectivity index (χ2v) is 7.01. The highest BCUT2D eigenvalue weighted by Gasteiger charge is 2.33. The summed E-state index contributed by atoms with van der Waals surface area (Å²) in [6, 6.07) is 8.18. The Bertz CT molecular complexity index is 1110. The largest absolute Gasteiger partial charge is 0.416 e. The maximum Gasteiger partial charge on any atom is 0.416 e. The lowest BCUT2D eigenvalue weighted by molar-refractivity contribution is -0.137. The summed E-state index contributed by atoms with van der Waals surface area (Å²) in [5.74, 6) is 0.0307. The molecule has 1 saturated heterocycles. The van der Waals surface area contributed by atoms with Gasteiger partial charge in [0.15, 0.2) is 11.5 Å². The molecule has 4 rings (SSSR count). The molecular formula is C20H17F4N5O. The molecular weight excluding hydrogens is 402 g/mol. The van der Waals surface area contributed by atoms with Crippen LogP contribution in [-0.2, 0) is 11.0 Å². The number of anilines is 2. The summed E-state index contributed by atoms with van der Waals surface area (Å²) in [5.41, 5.74) is 1.09. The first-order chi connectivity index (χ1) is 14.3. The number of pyridine rings is 1. The third-order valence-electron chi connectivity index (χ3n) is 4.89. The van der Waals surface area contributed by atoms with Crippen molar-refractivity contribution in [1.82, 2.24) is 19.7 Å². The molecule has 0 unspecified atom stereocenters. The lowest BCUT2D eigenvalue weighted by Gasteiger charge is -2.38. The van der Waals surface area contributed by atoms with Crippen molar-refractivity contribution in [2.45, 2.75) is 19.1 Å². The Balaban J connectivity index is 1.61. The number of carbonyl (C=O) groups is 1. The van der Waals surface area contributed by atoms with E-state index in [0.29, 0.717) is 35.6 Å². The second kappa shape index (κ2) is 7.43. The van der Waals surface area contributed by atoms with Gasteiger partial charge in [0.05, 0.1) is 23.3 Å². The van der Waals surface area contributed by atoms with E-state index in [2.05, 4.69) is 15.4 Å². The highest BCUT2D eigenvalue weighted by Crippen LogP contribution is 2.33. The first kappa shape index (κ1) is 19.9. The Kier molecular flexibility index (Phi) is 4.92. The molecule has 0 radical (unpaired) electrons. The molecule has 6 nitrogen and oxygen atoms in total. The molecule has 1 aromatic carbocycles. The monoisotopic (exact) mass is 419 g/mol. The van der Waals surface area contributed by atoms with Gasteiger partial charge in [-0.25, -0.2) is 14.1 Å². The quantitative estimate of drug-likeness (QED) is 0.504. The SMILES string of the molecule is Cc1ccc2c(Nc3ccc(C(F)(F)F)cc3)nn(C3CN(C(=O)C=CF)C3)c2n1. The van der Waals surface area contributed by atoms with Gasteiger partial charge in [-0.05, 0) is 43.3 Å². The van der Waals surface area contributed by atoms with Crippen molar-refractivity contribution < 1.29 is 22.4 Å². The van der Waals surface area contributed by atoms with Gasteiger partial charge in [0.25, 0.3) is 0 Å². The number of aromatic nitrogens is 3. The molecule has 1 aliphatic heterocycles. The van der Waals surface area contributed by atoms with Crippen LogP contribution in [0.3, 0.4) is 0 Å². The molecule has 1 N–H and O–H groups in total. The van der Waals surface area contributed by atoms with Gasteiger partial charge in [-0.1, -0.05) is 0 Å². The van der Waals surface area contributed by atoms with Crippen molar-refractivity contribution >= 4 is 28.4 Å². The van der Waals surface area contributed by atoms with Crippen molar-refractivity contribution in [2.75, 3.05) is 18.4 Å². The molecule has 10 heteroatoms. The molecule has 3 aromatic rings. The average Bonchev–Trinajstić information content (AvgIpc) is 2.98. The second-order valence-electron chi connectivity index (χ2n) is 7.01. The number of benzene rings is 1. The van der Waals surface area contributed by atoms with Crippen LogP contribution in [0.15, 0.2) is 48.8 Å². The van der Waals surface area contributed by atoms with Crippen molar-refractivity contribution in [2.24, 2.45) is 0 Å². The molecule has 0 saturated carbocycles. The topological polar surface area (TPSA) is 63.1 Å². The van der Waals surface area contributed by atoms with Crippen LogP contribution in [0.5, 0.6) is 0 Å². The van der Waals surface area contributed by atoms with E-state index in [1.165, 1.54) is 17.0 Å². The molecule has 1 aliphatic rings. The first-order valence-corrected chi connectivity index (χ1v) is 9.12. The van der Waals surface area contributed by atoms with Gasteiger partial charge in [0, 0.05) is 30.5 Å². The molecule has 1 amide bonds. The van der Waals surface area contributed by atoms with Crippen molar-refractivity contribution in [3.05, 3.63) is 60.1 Å². The fourth-order valence-corrected chi connectivity index (χ4v) is 3.29. The molecule has 0 atom stereocenters. The summed E-state index contributed by atoms with van der Waals surface area (Å²) < 4.78 is 52.2. The van der Waals surface area contributed by atoms with E-state index in [1.807, 2.05) is 19.1 Å². The van der Waals surface area contributed by atoms with Crippen LogP contribution >= 0.6 is 0 Å². The minimum atomic E-state index is -4.40. The summed E-state index contributed by atoms with van der Waals surface area (Å²) in [4.78, 5) is 17.7. The maximum atomic E-state index is 12.8. The highest BCUT2D eigenvalue weighted by atomic mass is 19.4. The minimum Gasteiger partial charge on any atom is -0.338 e. The Hall–Kier alpha value is -3.43. The number of alkyl halides is 3. The zero-order valence-corrected chi connectivity index (χ0v) is 15.8. The molecule has 1 fully saturated rings. The third-order valence-corrected chi connectivity index (χ3v) is 4.89. The van der Waals surface area contributed by atoms with E-state index >= 15 is 0 Å². The van der Waals surface area contributed by atoms with E-state index in [0.717, 1.165) is 23.9 Å². The molecule has 156 valence electrons. The zero-order valence-electron chi connectivity index (χ0n) is 15.8. The maximum absolute atomic E-state index is 12.8. The van der Waals surface area contributed by atoms with Crippen molar-refractivity contribution in [3.8, 4) is 0 Å². The van der Waals surface area contributed by atoms with Gasteiger partial charge < -0.3 is 10.2 Å². The number of hydrogen-bond acceptors (Lipinski definition) is 4. The zero-order chi connectivity index (χ0) is 21.5. The van der Waals surface area contributed by atoms with Crippen LogP contribution in [0.25, 0.3) is 11.0 Å². The number of nitrogens with zero attached hydrogens (tertiary/aromatic N) is 4. The van der Waals surface area contributed by atoms with Gasteiger partial charge in [-0.15, -0.1) is 0 Å². The van der Waals surface area contributed by atoms with E-state index in [9.17, 15) is 22.4 Å². The number of hydrogen-bond donors (Lipinski definition) is 1. The summed E-state index contributed by atoms with van der Waals surface area (Å²) in [6.45, 7) is 2.55. The molecule has 0 spiro atoms. The van der Waals surface area contributed by atoms with Crippen molar-refractivity contribution in [3.63, 3.8) is 0 Å². The summed E-state index contributed by atoms with van der Waals surface area (Å²) >= 11 is 0. The van der Waals surface area contributed by atoms with E-state index in [4.69, 9.17) is 0 Å². The Morgan fingerprint density at radius 2 is 1.87 bits per heavy atom. The number of aryl methyl sites for hydroxylation is 1. The van der Waals surface area contributed by atoms with Crippen LogP contribution in [0.2, 0.25) is 0 Å². The van der Waals surface area contributed by atoms with Crippen molar-refractivity contribution in [1.29, 1.82) is 0 Å². The normalized spacial score (nSPS) is 15.0. The number of amides is 1.